The molecule has 0 radical (unpaired) electrons. The van der Waals surface area contributed by atoms with Crippen LogP contribution in [0.2, 0.25) is 0 Å². The molecular formula is C11H13NO. The van der Waals surface area contributed by atoms with Crippen molar-refractivity contribution in [1.82, 2.24) is 4.90 Å². The maximum atomic E-state index is 10.6. The normalized spacial score (nSPS) is 18.2. The first-order valence-electron chi connectivity index (χ1n) is 4.57. The van der Waals surface area contributed by atoms with Crippen LogP contribution in [0.25, 0.3) is 0 Å². The van der Waals surface area contributed by atoms with Gasteiger partial charge in [0.2, 0.25) is 0 Å². The van der Waals surface area contributed by atoms with Crippen LogP contribution >= 0.6 is 0 Å². The Labute approximate surface area is 78.2 Å². The molecule has 0 aromatic heterocycles. The van der Waals surface area contributed by atoms with Gasteiger partial charge >= 0.3 is 0 Å². The quantitative estimate of drug-likeness (QED) is 0.636. The zero-order valence-electron chi connectivity index (χ0n) is 7.73. The van der Waals surface area contributed by atoms with Crippen LogP contribution in [-0.2, 0) is 17.9 Å². The summed E-state index contributed by atoms with van der Waals surface area (Å²) in [4.78, 5) is 12.8. The van der Waals surface area contributed by atoms with Crippen LogP contribution in [-0.4, -0.2) is 17.2 Å². The molecule has 0 saturated heterocycles. The van der Waals surface area contributed by atoms with E-state index in [1.54, 1.807) is 0 Å². The molecule has 0 aliphatic carbocycles. The Kier molecular flexibility index (Phi) is 2.15. The molecular weight excluding hydrogens is 162 g/mol. The number of aldehydes is 1. The molecule has 1 unspecified atom stereocenters. The van der Waals surface area contributed by atoms with E-state index in [4.69, 9.17) is 0 Å². The van der Waals surface area contributed by atoms with Gasteiger partial charge in [-0.05, 0) is 18.1 Å². The van der Waals surface area contributed by atoms with Crippen LogP contribution in [0.3, 0.4) is 0 Å². The lowest BCUT2D eigenvalue weighted by Gasteiger charge is -2.17. The summed E-state index contributed by atoms with van der Waals surface area (Å²) in [6.07, 6.45) is 1.01. The highest BCUT2D eigenvalue weighted by molar-refractivity contribution is 5.57. The molecule has 2 rings (SSSR count). The molecule has 0 N–H and O–H groups in total. The molecule has 0 amide bonds. The number of hydrogen-bond acceptors (Lipinski definition) is 2. The largest absolute Gasteiger partial charge is 0.302 e. The summed E-state index contributed by atoms with van der Waals surface area (Å²) >= 11 is 0. The predicted octanol–water partition coefficient (Wildman–Crippen LogP) is 1.59. The lowest BCUT2D eigenvalue weighted by atomic mass is 10.1. The fourth-order valence-electron chi connectivity index (χ4n) is 1.73. The second-order valence-electron chi connectivity index (χ2n) is 3.55. The average Bonchev–Trinajstić information content (AvgIpc) is 2.59. The monoisotopic (exact) mass is 175 g/mol. The van der Waals surface area contributed by atoms with Gasteiger partial charge in [0.1, 0.15) is 6.29 Å². The highest BCUT2D eigenvalue weighted by atomic mass is 16.1. The molecule has 1 heterocycles. The molecule has 1 aliphatic heterocycles. The highest BCUT2D eigenvalue weighted by Gasteiger charge is 2.21. The number of benzene rings is 1. The topological polar surface area (TPSA) is 20.3 Å². The molecule has 1 atom stereocenters. The molecule has 68 valence electrons. The molecule has 2 nitrogen and oxygen atoms in total. The number of fused-ring (bicyclic) bond motifs is 1. The zero-order chi connectivity index (χ0) is 9.26. The number of hydrogen-bond donors (Lipinski definition) is 0. The Morgan fingerprint density at radius 2 is 1.85 bits per heavy atom. The van der Waals surface area contributed by atoms with Gasteiger partial charge in [-0.3, -0.25) is 4.90 Å². The van der Waals surface area contributed by atoms with E-state index in [-0.39, 0.29) is 6.04 Å². The van der Waals surface area contributed by atoms with E-state index in [0.29, 0.717) is 0 Å². The summed E-state index contributed by atoms with van der Waals surface area (Å²) in [6, 6.07) is 8.40. The van der Waals surface area contributed by atoms with E-state index < -0.39 is 0 Å². The maximum absolute atomic E-state index is 10.6. The van der Waals surface area contributed by atoms with E-state index in [1.807, 2.05) is 19.1 Å². The Balaban J connectivity index is 2.18. The maximum Gasteiger partial charge on any atom is 0.136 e. The number of nitrogens with zero attached hydrogens (tertiary/aromatic N) is 1. The summed E-state index contributed by atoms with van der Waals surface area (Å²) in [6.45, 7) is 3.77. The second kappa shape index (κ2) is 3.30. The third kappa shape index (κ3) is 1.49. The molecule has 0 fully saturated rings. The second-order valence-corrected chi connectivity index (χ2v) is 3.55. The lowest BCUT2D eigenvalue weighted by molar-refractivity contribution is -0.112. The Morgan fingerprint density at radius 3 is 2.31 bits per heavy atom. The van der Waals surface area contributed by atoms with Gasteiger partial charge in [-0.25, -0.2) is 0 Å². The molecule has 0 spiro atoms. The van der Waals surface area contributed by atoms with Gasteiger partial charge in [-0.1, -0.05) is 24.3 Å². The van der Waals surface area contributed by atoms with Crippen LogP contribution < -0.4 is 0 Å². The van der Waals surface area contributed by atoms with Gasteiger partial charge in [0.25, 0.3) is 0 Å². The highest BCUT2D eigenvalue weighted by Crippen LogP contribution is 2.23. The summed E-state index contributed by atoms with van der Waals surface area (Å²) in [5.41, 5.74) is 2.72. The summed E-state index contributed by atoms with van der Waals surface area (Å²) in [5.74, 6) is 0. The van der Waals surface area contributed by atoms with Gasteiger partial charge in [-0.2, -0.15) is 0 Å². The van der Waals surface area contributed by atoms with E-state index >= 15 is 0 Å². The van der Waals surface area contributed by atoms with Gasteiger partial charge in [-0.15, -0.1) is 0 Å². The first-order valence-corrected chi connectivity index (χ1v) is 4.57. The van der Waals surface area contributed by atoms with E-state index in [1.165, 1.54) is 11.1 Å². The van der Waals surface area contributed by atoms with Crippen molar-refractivity contribution in [3.8, 4) is 0 Å². The Hall–Kier alpha value is -1.15. The van der Waals surface area contributed by atoms with Crippen molar-refractivity contribution in [1.29, 1.82) is 0 Å². The fourth-order valence-corrected chi connectivity index (χ4v) is 1.73. The number of carbonyl (C=O) groups excluding carboxylic acids is 1. The van der Waals surface area contributed by atoms with Gasteiger partial charge in [0, 0.05) is 13.1 Å². The minimum atomic E-state index is 0.0346. The van der Waals surface area contributed by atoms with Crippen molar-refractivity contribution >= 4 is 6.29 Å². The van der Waals surface area contributed by atoms with Gasteiger partial charge in [0.05, 0.1) is 6.04 Å². The van der Waals surface area contributed by atoms with Crippen LogP contribution in [0, 0.1) is 0 Å². The number of carbonyl (C=O) groups is 1. The minimum Gasteiger partial charge on any atom is -0.302 e. The molecule has 13 heavy (non-hydrogen) atoms. The standard InChI is InChI=1S/C11H13NO/c1-9(8-13)12-6-10-4-2-3-5-11(10)7-12/h2-5,8-9H,6-7H2,1H3. The van der Waals surface area contributed by atoms with Crippen LogP contribution in [0.15, 0.2) is 24.3 Å². The fraction of sp³-hybridized carbons (Fsp3) is 0.364. The van der Waals surface area contributed by atoms with Gasteiger partial charge in [0.15, 0.2) is 0 Å². The summed E-state index contributed by atoms with van der Waals surface area (Å²) < 4.78 is 0. The minimum absolute atomic E-state index is 0.0346. The van der Waals surface area contributed by atoms with Crippen LogP contribution in [0.5, 0.6) is 0 Å². The van der Waals surface area contributed by atoms with E-state index in [0.717, 1.165) is 19.4 Å². The first kappa shape index (κ1) is 8.45. The van der Waals surface area contributed by atoms with Crippen molar-refractivity contribution in [2.24, 2.45) is 0 Å². The van der Waals surface area contributed by atoms with Crippen LogP contribution in [0.1, 0.15) is 18.1 Å². The first-order chi connectivity index (χ1) is 6.31. The number of rotatable bonds is 2. The van der Waals surface area contributed by atoms with Crippen molar-refractivity contribution in [2.45, 2.75) is 26.1 Å². The lowest BCUT2D eigenvalue weighted by Crippen LogP contribution is -2.28. The van der Waals surface area contributed by atoms with Crippen molar-refractivity contribution in [3.63, 3.8) is 0 Å². The summed E-state index contributed by atoms with van der Waals surface area (Å²) in [7, 11) is 0. The third-order valence-corrected chi connectivity index (χ3v) is 2.64. The zero-order valence-corrected chi connectivity index (χ0v) is 7.73. The van der Waals surface area contributed by atoms with E-state index in [2.05, 4.69) is 17.0 Å². The van der Waals surface area contributed by atoms with Crippen molar-refractivity contribution in [2.75, 3.05) is 0 Å². The Morgan fingerprint density at radius 1 is 1.31 bits per heavy atom. The van der Waals surface area contributed by atoms with Crippen molar-refractivity contribution < 1.29 is 4.79 Å². The molecule has 1 aliphatic rings. The average molecular weight is 175 g/mol. The SMILES string of the molecule is CC(C=O)N1Cc2ccccc2C1. The third-order valence-electron chi connectivity index (χ3n) is 2.64. The molecule has 1 aromatic rings. The molecule has 0 bridgehead atoms. The summed E-state index contributed by atoms with van der Waals surface area (Å²) in [5, 5.41) is 0. The smallest absolute Gasteiger partial charge is 0.136 e. The Bertz CT molecular complexity index is 297. The van der Waals surface area contributed by atoms with E-state index in [9.17, 15) is 4.79 Å². The molecule has 0 saturated carbocycles. The predicted molar refractivity (Wildman–Crippen MR) is 51.2 cm³/mol. The molecule has 2 heteroatoms. The van der Waals surface area contributed by atoms with Gasteiger partial charge < -0.3 is 4.79 Å². The van der Waals surface area contributed by atoms with Crippen molar-refractivity contribution in [3.05, 3.63) is 35.4 Å². The molecule has 1 aromatic carbocycles. The van der Waals surface area contributed by atoms with Crippen LogP contribution in [0.4, 0.5) is 0 Å².